The van der Waals surface area contributed by atoms with Crippen molar-refractivity contribution in [3.63, 3.8) is 0 Å². The molecule has 116 valence electrons. The van der Waals surface area contributed by atoms with E-state index in [1.54, 1.807) is 12.1 Å². The summed E-state index contributed by atoms with van der Waals surface area (Å²) < 4.78 is 23.6. The van der Waals surface area contributed by atoms with Crippen molar-refractivity contribution in [1.29, 1.82) is 0 Å². The molecule has 1 aromatic carbocycles. The number of likely N-dealkylation sites (N-methyl/N-ethyl adjacent to an activating group) is 1. The van der Waals surface area contributed by atoms with E-state index in [-0.39, 0.29) is 16.6 Å². The average molecular weight is 313 g/mol. The molecule has 7 nitrogen and oxygen atoms in total. The van der Waals surface area contributed by atoms with Crippen molar-refractivity contribution in [1.82, 2.24) is 5.32 Å². The Labute approximate surface area is 124 Å². The van der Waals surface area contributed by atoms with E-state index in [4.69, 9.17) is 0 Å². The molecule has 0 spiro atoms. The highest BCUT2D eigenvalue weighted by molar-refractivity contribution is 7.90. The van der Waals surface area contributed by atoms with Crippen LogP contribution in [-0.4, -0.2) is 45.3 Å². The summed E-state index contributed by atoms with van der Waals surface area (Å²) in [5, 5.41) is 14.6. The van der Waals surface area contributed by atoms with Crippen molar-refractivity contribution in [2.45, 2.75) is 24.3 Å². The fourth-order valence-corrected chi connectivity index (χ4v) is 3.61. The lowest BCUT2D eigenvalue weighted by molar-refractivity contribution is -0.387. The number of anilines is 1. The summed E-state index contributed by atoms with van der Waals surface area (Å²) in [6.45, 7) is 4.10. The molecule has 2 rings (SSSR count). The van der Waals surface area contributed by atoms with E-state index in [2.05, 4.69) is 5.32 Å². The molecule has 0 aliphatic carbocycles. The zero-order chi connectivity index (χ0) is 15.6. The van der Waals surface area contributed by atoms with Crippen LogP contribution in [0, 0.1) is 10.1 Å². The van der Waals surface area contributed by atoms with Gasteiger partial charge in [-0.2, -0.15) is 0 Å². The molecule has 21 heavy (non-hydrogen) atoms. The maximum absolute atomic E-state index is 11.8. The summed E-state index contributed by atoms with van der Waals surface area (Å²) in [5.74, 6) is 0. The highest BCUT2D eigenvalue weighted by Gasteiger charge is 2.31. The van der Waals surface area contributed by atoms with E-state index in [1.165, 1.54) is 6.07 Å². The van der Waals surface area contributed by atoms with Gasteiger partial charge in [0.1, 0.15) is 10.6 Å². The van der Waals surface area contributed by atoms with E-state index >= 15 is 0 Å². The number of nitro groups is 1. The molecule has 1 aliphatic rings. The first-order chi connectivity index (χ1) is 9.86. The molecular formula is C13H19N3O4S. The van der Waals surface area contributed by atoms with Crippen LogP contribution in [0.1, 0.15) is 13.3 Å². The van der Waals surface area contributed by atoms with Crippen LogP contribution in [0.25, 0.3) is 0 Å². The van der Waals surface area contributed by atoms with Crippen LogP contribution >= 0.6 is 0 Å². The van der Waals surface area contributed by atoms with Gasteiger partial charge in [0.25, 0.3) is 0 Å². The zero-order valence-electron chi connectivity index (χ0n) is 12.1. The van der Waals surface area contributed by atoms with Crippen molar-refractivity contribution in [3.05, 3.63) is 28.3 Å². The number of nitrogens with one attached hydrogen (secondary N) is 1. The summed E-state index contributed by atoms with van der Waals surface area (Å²) in [6, 6.07) is 4.61. The molecule has 1 heterocycles. The van der Waals surface area contributed by atoms with E-state index in [0.717, 1.165) is 25.8 Å². The highest BCUT2D eigenvalue weighted by atomic mass is 32.2. The van der Waals surface area contributed by atoms with Gasteiger partial charge in [-0.15, -0.1) is 0 Å². The summed E-state index contributed by atoms with van der Waals surface area (Å²) in [5.41, 5.74) is 0.0490. The number of sulfone groups is 1. The topological polar surface area (TPSA) is 92.5 Å². The third-order valence-corrected chi connectivity index (χ3v) is 4.81. The minimum atomic E-state index is -3.65. The molecule has 0 aromatic heterocycles. The van der Waals surface area contributed by atoms with Gasteiger partial charge in [0.05, 0.1) is 4.92 Å². The third-order valence-electron chi connectivity index (χ3n) is 3.68. The number of nitrogens with zero attached hydrogens (tertiary/aromatic N) is 2. The van der Waals surface area contributed by atoms with E-state index < -0.39 is 14.8 Å². The van der Waals surface area contributed by atoms with Gasteiger partial charge in [-0.1, -0.05) is 6.07 Å². The minimum Gasteiger partial charge on any atom is -0.362 e. The summed E-state index contributed by atoms with van der Waals surface area (Å²) >= 11 is 0. The van der Waals surface area contributed by atoms with Crippen LogP contribution in [-0.2, 0) is 9.84 Å². The molecule has 1 aliphatic heterocycles. The molecule has 1 aromatic rings. The molecular weight excluding hydrogens is 294 g/mol. The number of nitro benzene ring substituents is 1. The maximum Gasteiger partial charge on any atom is 0.311 e. The van der Waals surface area contributed by atoms with Crippen LogP contribution < -0.4 is 10.2 Å². The lowest BCUT2D eigenvalue weighted by atomic mass is 10.1. The molecule has 1 atom stereocenters. The predicted octanol–water partition coefficient (Wildman–Crippen LogP) is 1.19. The van der Waals surface area contributed by atoms with Crippen molar-refractivity contribution >= 4 is 21.2 Å². The zero-order valence-corrected chi connectivity index (χ0v) is 12.9. The van der Waals surface area contributed by atoms with Gasteiger partial charge in [-0.3, -0.25) is 10.1 Å². The van der Waals surface area contributed by atoms with Crippen molar-refractivity contribution in [3.8, 4) is 0 Å². The number of para-hydroxylation sites is 1. The molecule has 1 unspecified atom stereocenters. The smallest absolute Gasteiger partial charge is 0.311 e. The second-order valence-corrected chi connectivity index (χ2v) is 7.07. The second kappa shape index (κ2) is 5.98. The van der Waals surface area contributed by atoms with Crippen LogP contribution in [0.15, 0.2) is 23.1 Å². The number of hydrogen-bond donors (Lipinski definition) is 1. The monoisotopic (exact) mass is 313 g/mol. The highest BCUT2D eigenvalue weighted by Crippen LogP contribution is 2.36. The van der Waals surface area contributed by atoms with E-state index in [1.807, 2.05) is 11.8 Å². The van der Waals surface area contributed by atoms with Crippen molar-refractivity contribution in [2.24, 2.45) is 0 Å². The lowest BCUT2D eigenvalue weighted by Gasteiger charge is -2.29. The Morgan fingerprint density at radius 1 is 1.48 bits per heavy atom. The normalized spacial score (nSPS) is 18.7. The molecule has 0 saturated carbocycles. The molecule has 8 heteroatoms. The first kappa shape index (κ1) is 15.7. The first-order valence-corrected chi connectivity index (χ1v) is 8.70. The van der Waals surface area contributed by atoms with Gasteiger partial charge in [0, 0.05) is 25.4 Å². The Morgan fingerprint density at radius 3 is 2.67 bits per heavy atom. The Kier molecular flexibility index (Phi) is 4.48. The van der Waals surface area contributed by atoms with E-state index in [0.29, 0.717) is 12.2 Å². The summed E-state index contributed by atoms with van der Waals surface area (Å²) in [4.78, 5) is 12.5. The van der Waals surface area contributed by atoms with Crippen molar-refractivity contribution in [2.75, 3.05) is 30.8 Å². The van der Waals surface area contributed by atoms with Crippen LogP contribution in [0.5, 0.6) is 0 Å². The second-order valence-electron chi connectivity index (χ2n) is 5.09. The Bertz CT molecular complexity index is 639. The number of benzene rings is 1. The van der Waals surface area contributed by atoms with E-state index in [9.17, 15) is 18.5 Å². The van der Waals surface area contributed by atoms with Gasteiger partial charge in [0.2, 0.25) is 0 Å². The first-order valence-electron chi connectivity index (χ1n) is 6.81. The standard InChI is InChI=1S/C13H19N3O4S/c1-3-15(10-7-8-14-9-10)11-5-4-6-12(21(2,19)20)13(11)16(17)18/h4-6,10,14H,3,7-9H2,1-2H3. The van der Waals surface area contributed by atoms with Gasteiger partial charge in [0.15, 0.2) is 9.84 Å². The summed E-state index contributed by atoms with van der Waals surface area (Å²) in [7, 11) is -3.65. The maximum atomic E-state index is 11.8. The Balaban J connectivity index is 2.59. The molecule has 0 amide bonds. The van der Waals surface area contributed by atoms with Gasteiger partial charge < -0.3 is 10.2 Å². The van der Waals surface area contributed by atoms with Crippen molar-refractivity contribution < 1.29 is 13.3 Å². The van der Waals surface area contributed by atoms with Gasteiger partial charge in [-0.25, -0.2) is 8.42 Å². The fraction of sp³-hybridized carbons (Fsp3) is 0.538. The Morgan fingerprint density at radius 2 is 2.19 bits per heavy atom. The quantitative estimate of drug-likeness (QED) is 0.648. The number of hydrogen-bond acceptors (Lipinski definition) is 6. The summed E-state index contributed by atoms with van der Waals surface area (Å²) in [6.07, 6.45) is 1.88. The molecule has 1 N–H and O–H groups in total. The molecule has 1 fully saturated rings. The minimum absolute atomic E-state index is 0.142. The average Bonchev–Trinajstić information content (AvgIpc) is 2.92. The van der Waals surface area contributed by atoms with Crippen LogP contribution in [0.4, 0.5) is 11.4 Å². The largest absolute Gasteiger partial charge is 0.362 e. The number of rotatable bonds is 5. The third kappa shape index (κ3) is 3.16. The Hall–Kier alpha value is -1.67. The molecule has 0 radical (unpaired) electrons. The van der Waals surface area contributed by atoms with Crippen LogP contribution in [0.3, 0.4) is 0 Å². The lowest BCUT2D eigenvalue weighted by Crippen LogP contribution is -2.37. The van der Waals surface area contributed by atoms with Crippen LogP contribution in [0.2, 0.25) is 0 Å². The fourth-order valence-electron chi connectivity index (χ4n) is 2.76. The van der Waals surface area contributed by atoms with Gasteiger partial charge in [-0.05, 0) is 32.0 Å². The molecule has 0 bridgehead atoms. The SMILES string of the molecule is CCN(c1cccc(S(C)(=O)=O)c1[N+](=O)[O-])C1CCNC1. The molecule has 1 saturated heterocycles. The predicted molar refractivity (Wildman–Crippen MR) is 80.5 cm³/mol. The van der Waals surface area contributed by atoms with Gasteiger partial charge >= 0.3 is 5.69 Å².